The zero-order valence-corrected chi connectivity index (χ0v) is 14.4. The van der Waals surface area contributed by atoms with Crippen molar-refractivity contribution in [2.75, 3.05) is 5.32 Å². The Morgan fingerprint density at radius 2 is 2.22 bits per heavy atom. The number of carbonyl (C=O) groups is 1. The van der Waals surface area contributed by atoms with Crippen LogP contribution in [0.1, 0.15) is 16.1 Å². The predicted octanol–water partition coefficient (Wildman–Crippen LogP) is 3.35. The lowest BCUT2D eigenvalue weighted by atomic mass is 10.2. The molecule has 0 saturated carbocycles. The molecule has 0 radical (unpaired) electrons. The van der Waals surface area contributed by atoms with Gasteiger partial charge in [-0.3, -0.25) is 15.2 Å². The van der Waals surface area contributed by atoms with E-state index in [-0.39, 0.29) is 28.8 Å². The van der Waals surface area contributed by atoms with E-state index in [4.69, 9.17) is 16.0 Å². The summed E-state index contributed by atoms with van der Waals surface area (Å²) in [6.45, 7) is 0.0828. The Labute approximate surface area is 157 Å². The molecule has 4 aromatic rings. The molecule has 27 heavy (non-hydrogen) atoms. The summed E-state index contributed by atoms with van der Waals surface area (Å²) in [5.74, 6) is -0.308. The molecular formula is C17H12ClFN6O2. The molecular weight excluding hydrogens is 375 g/mol. The van der Waals surface area contributed by atoms with Gasteiger partial charge in [0.25, 0.3) is 5.91 Å². The number of hydrogen-bond donors (Lipinski definition) is 2. The van der Waals surface area contributed by atoms with Gasteiger partial charge in [-0.1, -0.05) is 17.7 Å². The first-order chi connectivity index (χ1) is 13.1. The number of H-pyrrole nitrogens is 1. The molecule has 3 aromatic heterocycles. The lowest BCUT2D eigenvalue weighted by Gasteiger charge is -2.05. The molecule has 0 fully saturated rings. The van der Waals surface area contributed by atoms with Gasteiger partial charge in [0.15, 0.2) is 11.5 Å². The Morgan fingerprint density at radius 3 is 3.00 bits per heavy atom. The fraction of sp³-hybridized carbons (Fsp3) is 0.0588. The molecule has 1 amide bonds. The molecule has 0 aliphatic carbocycles. The van der Waals surface area contributed by atoms with Gasteiger partial charge in [0.1, 0.15) is 17.8 Å². The minimum absolute atomic E-state index is 0.0648. The summed E-state index contributed by atoms with van der Waals surface area (Å²) in [7, 11) is 0. The minimum Gasteiger partial charge on any atom is -0.463 e. The van der Waals surface area contributed by atoms with Crippen molar-refractivity contribution in [1.29, 1.82) is 0 Å². The van der Waals surface area contributed by atoms with E-state index in [1.807, 2.05) is 0 Å². The van der Waals surface area contributed by atoms with E-state index in [0.29, 0.717) is 11.5 Å². The highest BCUT2D eigenvalue weighted by Gasteiger charge is 2.15. The molecule has 4 rings (SSSR count). The van der Waals surface area contributed by atoms with Crippen molar-refractivity contribution in [2.45, 2.75) is 6.54 Å². The summed E-state index contributed by atoms with van der Waals surface area (Å²) in [6.07, 6.45) is 2.89. The lowest BCUT2D eigenvalue weighted by molar-refractivity contribution is 0.102. The smallest absolute Gasteiger partial charge is 0.278 e. The van der Waals surface area contributed by atoms with Gasteiger partial charge < -0.3 is 4.42 Å². The molecule has 10 heteroatoms. The van der Waals surface area contributed by atoms with E-state index in [9.17, 15) is 9.18 Å². The van der Waals surface area contributed by atoms with Crippen molar-refractivity contribution < 1.29 is 13.6 Å². The van der Waals surface area contributed by atoms with Crippen molar-refractivity contribution >= 4 is 23.5 Å². The summed E-state index contributed by atoms with van der Waals surface area (Å²) in [4.78, 5) is 16.3. The topological polar surface area (TPSA) is 102 Å². The largest absolute Gasteiger partial charge is 0.463 e. The highest BCUT2D eigenvalue weighted by molar-refractivity contribution is 6.31. The van der Waals surface area contributed by atoms with E-state index in [1.165, 1.54) is 29.4 Å². The Morgan fingerprint density at radius 1 is 1.33 bits per heavy atom. The lowest BCUT2D eigenvalue weighted by Crippen LogP contribution is -2.14. The maximum atomic E-state index is 13.9. The van der Waals surface area contributed by atoms with E-state index in [2.05, 4.69) is 25.6 Å². The zero-order chi connectivity index (χ0) is 18.8. The highest BCUT2D eigenvalue weighted by Crippen LogP contribution is 2.20. The highest BCUT2D eigenvalue weighted by atomic mass is 35.5. The van der Waals surface area contributed by atoms with Crippen molar-refractivity contribution in [1.82, 2.24) is 25.0 Å². The Hall–Kier alpha value is -3.46. The summed E-state index contributed by atoms with van der Waals surface area (Å²) >= 11 is 6.00. The van der Waals surface area contributed by atoms with Crippen LogP contribution in [0.5, 0.6) is 0 Å². The second kappa shape index (κ2) is 7.04. The van der Waals surface area contributed by atoms with Crippen LogP contribution in [0.2, 0.25) is 5.02 Å². The fourth-order valence-corrected chi connectivity index (χ4v) is 2.66. The SMILES string of the molecule is O=C(Nc1ncn(Cc2c(F)cccc2Cl)n1)c1cc(-c2ccco2)[nH]n1. The average Bonchev–Trinajstić information content (AvgIpc) is 3.38. The minimum atomic E-state index is -0.495. The van der Waals surface area contributed by atoms with Crippen LogP contribution in [0.25, 0.3) is 11.5 Å². The van der Waals surface area contributed by atoms with Crippen LogP contribution in [0, 0.1) is 5.82 Å². The quantitative estimate of drug-likeness (QED) is 0.547. The maximum absolute atomic E-state index is 13.9. The predicted molar refractivity (Wildman–Crippen MR) is 94.8 cm³/mol. The molecule has 0 saturated heterocycles. The Balaban J connectivity index is 1.45. The number of nitrogens with zero attached hydrogens (tertiary/aromatic N) is 4. The van der Waals surface area contributed by atoms with Crippen molar-refractivity contribution in [3.8, 4) is 11.5 Å². The zero-order valence-electron chi connectivity index (χ0n) is 13.7. The fourth-order valence-electron chi connectivity index (χ4n) is 2.44. The van der Waals surface area contributed by atoms with E-state index in [1.54, 1.807) is 24.3 Å². The number of aromatic nitrogens is 5. The van der Waals surface area contributed by atoms with E-state index >= 15 is 0 Å². The van der Waals surface area contributed by atoms with Crippen molar-refractivity contribution in [3.63, 3.8) is 0 Å². The normalized spacial score (nSPS) is 10.9. The van der Waals surface area contributed by atoms with Gasteiger partial charge in [-0.05, 0) is 24.3 Å². The third-order valence-corrected chi connectivity index (χ3v) is 4.09. The van der Waals surface area contributed by atoms with Crippen LogP contribution in [-0.4, -0.2) is 30.9 Å². The van der Waals surface area contributed by atoms with Crippen molar-refractivity contribution in [3.05, 3.63) is 71.1 Å². The summed E-state index contributed by atoms with van der Waals surface area (Å²) in [6, 6.07) is 9.45. The molecule has 0 spiro atoms. The number of halogens is 2. The summed E-state index contributed by atoms with van der Waals surface area (Å²) in [5.41, 5.74) is 1.00. The van der Waals surface area contributed by atoms with Gasteiger partial charge in [-0.25, -0.2) is 14.1 Å². The number of hydrogen-bond acceptors (Lipinski definition) is 5. The molecule has 0 unspecified atom stereocenters. The first-order valence-electron chi connectivity index (χ1n) is 7.83. The standard InChI is InChI=1S/C17H12ClFN6O2/c18-11-3-1-4-12(19)10(11)8-25-9-20-17(24-25)21-16(26)14-7-13(22-23-14)15-5-2-6-27-15/h1-7,9H,8H2,(H,22,23)(H,21,24,26). The molecule has 0 bridgehead atoms. The molecule has 2 N–H and O–H groups in total. The van der Waals surface area contributed by atoms with Crippen LogP contribution >= 0.6 is 11.6 Å². The van der Waals surface area contributed by atoms with Crippen LogP contribution < -0.4 is 5.32 Å². The van der Waals surface area contributed by atoms with Crippen LogP contribution in [0.15, 0.2) is 53.4 Å². The van der Waals surface area contributed by atoms with Gasteiger partial charge in [-0.15, -0.1) is 5.10 Å². The summed E-state index contributed by atoms with van der Waals surface area (Å²) < 4.78 is 20.5. The molecule has 1 aromatic carbocycles. The van der Waals surface area contributed by atoms with E-state index < -0.39 is 11.7 Å². The molecule has 3 heterocycles. The average molecular weight is 387 g/mol. The third kappa shape index (κ3) is 3.58. The van der Waals surface area contributed by atoms with Crippen molar-refractivity contribution in [2.24, 2.45) is 0 Å². The Kier molecular flexibility index (Phi) is 4.43. The number of amides is 1. The number of rotatable bonds is 5. The number of furan rings is 1. The van der Waals surface area contributed by atoms with Crippen LogP contribution in [-0.2, 0) is 6.54 Å². The first kappa shape index (κ1) is 17.0. The molecule has 0 atom stereocenters. The van der Waals surface area contributed by atoms with Gasteiger partial charge in [0.05, 0.1) is 12.8 Å². The number of nitrogens with one attached hydrogen (secondary N) is 2. The number of carbonyl (C=O) groups excluding carboxylic acids is 1. The first-order valence-corrected chi connectivity index (χ1v) is 8.21. The van der Waals surface area contributed by atoms with Crippen LogP contribution in [0.3, 0.4) is 0 Å². The monoisotopic (exact) mass is 386 g/mol. The summed E-state index contributed by atoms with van der Waals surface area (Å²) in [5, 5.41) is 13.6. The van der Waals surface area contributed by atoms with Gasteiger partial charge in [0, 0.05) is 16.7 Å². The second-order valence-corrected chi connectivity index (χ2v) is 5.97. The molecule has 0 aliphatic heterocycles. The maximum Gasteiger partial charge on any atom is 0.278 e. The Bertz CT molecular complexity index is 1070. The molecule has 136 valence electrons. The molecule has 8 nitrogen and oxygen atoms in total. The second-order valence-electron chi connectivity index (χ2n) is 5.56. The van der Waals surface area contributed by atoms with Gasteiger partial charge in [-0.2, -0.15) is 5.10 Å². The third-order valence-electron chi connectivity index (χ3n) is 3.74. The number of aromatic amines is 1. The van der Waals surface area contributed by atoms with Gasteiger partial charge >= 0.3 is 0 Å². The molecule has 0 aliphatic rings. The number of benzene rings is 1. The van der Waals surface area contributed by atoms with Crippen LogP contribution in [0.4, 0.5) is 10.3 Å². The number of anilines is 1. The van der Waals surface area contributed by atoms with E-state index in [0.717, 1.165) is 0 Å². The van der Waals surface area contributed by atoms with Gasteiger partial charge in [0.2, 0.25) is 5.95 Å².